The maximum atomic E-state index is 12.1. The smallest absolute Gasteiger partial charge is 0.266 e. The summed E-state index contributed by atoms with van der Waals surface area (Å²) < 4.78 is 3.04. The van der Waals surface area contributed by atoms with Gasteiger partial charge in [-0.25, -0.2) is 9.36 Å². The van der Waals surface area contributed by atoms with Gasteiger partial charge < -0.3 is 5.32 Å². The van der Waals surface area contributed by atoms with Crippen LogP contribution in [0.5, 0.6) is 0 Å². The van der Waals surface area contributed by atoms with Gasteiger partial charge in [-0.2, -0.15) is 5.10 Å². The standard InChI is InChI=1S/C20H23N5O2/c1-14-4-6-17(7-5-14)13-19(26)21-10-11-24-20(27)9-8-18(23-24)25-16(3)12-15(2)22-25/h4-9,12H,10-11,13H2,1-3H3,(H,21,26). The Balaban J connectivity index is 1.61. The Morgan fingerprint density at radius 2 is 1.78 bits per heavy atom. The van der Waals surface area contributed by atoms with Gasteiger partial charge in [0.15, 0.2) is 5.82 Å². The fraction of sp³-hybridized carbons (Fsp3) is 0.300. The van der Waals surface area contributed by atoms with Crippen molar-refractivity contribution < 1.29 is 4.79 Å². The molecule has 2 aromatic heterocycles. The third-order valence-electron chi connectivity index (χ3n) is 4.21. The first-order valence-corrected chi connectivity index (χ1v) is 8.86. The Hall–Kier alpha value is -3.22. The second-order valence-electron chi connectivity index (χ2n) is 6.60. The number of aromatic nitrogens is 4. The number of carbonyl (C=O) groups is 1. The first-order valence-electron chi connectivity index (χ1n) is 8.86. The summed E-state index contributed by atoms with van der Waals surface area (Å²) in [5.74, 6) is 0.493. The van der Waals surface area contributed by atoms with Gasteiger partial charge >= 0.3 is 0 Å². The number of benzene rings is 1. The van der Waals surface area contributed by atoms with Crippen molar-refractivity contribution in [1.29, 1.82) is 0 Å². The van der Waals surface area contributed by atoms with Crippen LogP contribution in [0.1, 0.15) is 22.5 Å². The van der Waals surface area contributed by atoms with Crippen molar-refractivity contribution in [2.45, 2.75) is 33.7 Å². The summed E-state index contributed by atoms with van der Waals surface area (Å²) in [5, 5.41) is 11.6. The summed E-state index contributed by atoms with van der Waals surface area (Å²) in [7, 11) is 0. The molecule has 3 rings (SSSR count). The van der Waals surface area contributed by atoms with Gasteiger partial charge in [-0.1, -0.05) is 29.8 Å². The minimum atomic E-state index is -0.215. The van der Waals surface area contributed by atoms with Crippen molar-refractivity contribution >= 4 is 5.91 Å². The SMILES string of the molecule is Cc1ccc(CC(=O)NCCn2nc(-n3nc(C)cc3C)ccc2=O)cc1. The predicted octanol–water partition coefficient (Wildman–Crippen LogP) is 1.71. The highest BCUT2D eigenvalue weighted by atomic mass is 16.1. The maximum absolute atomic E-state index is 12.1. The van der Waals surface area contributed by atoms with Crippen LogP contribution in [0.2, 0.25) is 0 Å². The zero-order valence-corrected chi connectivity index (χ0v) is 15.8. The van der Waals surface area contributed by atoms with Gasteiger partial charge in [0, 0.05) is 18.3 Å². The van der Waals surface area contributed by atoms with E-state index in [4.69, 9.17) is 0 Å². The lowest BCUT2D eigenvalue weighted by molar-refractivity contribution is -0.120. The molecular formula is C20H23N5O2. The molecule has 1 amide bonds. The second kappa shape index (κ2) is 7.99. The van der Waals surface area contributed by atoms with Crippen LogP contribution in [0.3, 0.4) is 0 Å². The molecule has 0 aliphatic heterocycles. The van der Waals surface area contributed by atoms with Gasteiger partial charge in [-0.15, -0.1) is 5.10 Å². The molecule has 0 radical (unpaired) electrons. The molecule has 0 atom stereocenters. The number of nitrogens with zero attached hydrogens (tertiary/aromatic N) is 4. The number of carbonyl (C=O) groups excluding carboxylic acids is 1. The lowest BCUT2D eigenvalue weighted by Crippen LogP contribution is -2.33. The number of hydrogen-bond acceptors (Lipinski definition) is 4. The Kier molecular flexibility index (Phi) is 5.49. The average Bonchev–Trinajstić information content (AvgIpc) is 2.97. The molecule has 0 aliphatic rings. The molecule has 27 heavy (non-hydrogen) atoms. The van der Waals surface area contributed by atoms with E-state index in [1.54, 1.807) is 10.7 Å². The zero-order chi connectivity index (χ0) is 19.4. The third kappa shape index (κ3) is 4.69. The van der Waals surface area contributed by atoms with Gasteiger partial charge in [0.1, 0.15) is 0 Å². The van der Waals surface area contributed by atoms with E-state index < -0.39 is 0 Å². The Morgan fingerprint density at radius 3 is 2.44 bits per heavy atom. The summed E-state index contributed by atoms with van der Waals surface area (Å²) in [6.07, 6.45) is 0.314. The van der Waals surface area contributed by atoms with Gasteiger partial charge in [0.25, 0.3) is 5.56 Å². The molecule has 2 heterocycles. The number of aryl methyl sites for hydroxylation is 3. The molecule has 0 fully saturated rings. The van der Waals surface area contributed by atoms with Crippen molar-refractivity contribution in [3.05, 3.63) is 75.3 Å². The topological polar surface area (TPSA) is 81.8 Å². The molecular weight excluding hydrogens is 342 g/mol. The van der Waals surface area contributed by atoms with Crippen LogP contribution in [0.4, 0.5) is 0 Å². The van der Waals surface area contributed by atoms with Gasteiger partial charge in [-0.3, -0.25) is 9.59 Å². The van der Waals surface area contributed by atoms with E-state index in [-0.39, 0.29) is 11.5 Å². The van der Waals surface area contributed by atoms with Gasteiger partial charge in [-0.05, 0) is 38.5 Å². The molecule has 0 bridgehead atoms. The zero-order valence-electron chi connectivity index (χ0n) is 15.8. The summed E-state index contributed by atoms with van der Waals surface area (Å²) in [6, 6.07) is 12.9. The van der Waals surface area contributed by atoms with Crippen LogP contribution in [-0.4, -0.2) is 32.0 Å². The maximum Gasteiger partial charge on any atom is 0.266 e. The van der Waals surface area contributed by atoms with E-state index in [0.29, 0.717) is 25.3 Å². The average molecular weight is 365 g/mol. The first-order chi connectivity index (χ1) is 12.9. The number of amides is 1. The number of rotatable bonds is 6. The highest BCUT2D eigenvalue weighted by Crippen LogP contribution is 2.07. The van der Waals surface area contributed by atoms with E-state index in [1.165, 1.54) is 10.7 Å². The van der Waals surface area contributed by atoms with Crippen molar-refractivity contribution in [3.8, 4) is 5.82 Å². The van der Waals surface area contributed by atoms with E-state index in [2.05, 4.69) is 15.5 Å². The first kappa shape index (κ1) is 18.6. The molecule has 0 saturated carbocycles. The lowest BCUT2D eigenvalue weighted by Gasteiger charge is -2.09. The van der Waals surface area contributed by atoms with E-state index >= 15 is 0 Å². The van der Waals surface area contributed by atoms with Crippen LogP contribution < -0.4 is 10.9 Å². The largest absolute Gasteiger partial charge is 0.354 e. The molecule has 3 aromatic rings. The summed E-state index contributed by atoms with van der Waals surface area (Å²) in [5.41, 5.74) is 3.73. The van der Waals surface area contributed by atoms with E-state index in [9.17, 15) is 9.59 Å². The van der Waals surface area contributed by atoms with Crippen LogP contribution in [0.15, 0.2) is 47.3 Å². The van der Waals surface area contributed by atoms with Crippen LogP contribution in [0.25, 0.3) is 5.82 Å². The number of hydrogen-bond donors (Lipinski definition) is 1. The molecule has 7 nitrogen and oxygen atoms in total. The van der Waals surface area contributed by atoms with Crippen LogP contribution in [-0.2, 0) is 17.8 Å². The predicted molar refractivity (Wildman–Crippen MR) is 103 cm³/mol. The fourth-order valence-corrected chi connectivity index (χ4v) is 2.83. The van der Waals surface area contributed by atoms with Crippen LogP contribution >= 0.6 is 0 Å². The molecule has 7 heteroatoms. The minimum Gasteiger partial charge on any atom is -0.354 e. The summed E-state index contributed by atoms with van der Waals surface area (Å²) >= 11 is 0. The monoisotopic (exact) mass is 365 g/mol. The Bertz CT molecular complexity index is 1000. The Labute approximate surface area is 157 Å². The van der Waals surface area contributed by atoms with Crippen LogP contribution in [0, 0.1) is 20.8 Å². The van der Waals surface area contributed by atoms with E-state index in [0.717, 1.165) is 22.5 Å². The molecule has 140 valence electrons. The highest BCUT2D eigenvalue weighted by Gasteiger charge is 2.08. The van der Waals surface area contributed by atoms with Crippen molar-refractivity contribution in [2.24, 2.45) is 0 Å². The van der Waals surface area contributed by atoms with Crippen molar-refractivity contribution in [1.82, 2.24) is 24.9 Å². The molecule has 0 saturated heterocycles. The molecule has 0 spiro atoms. The second-order valence-corrected chi connectivity index (χ2v) is 6.60. The fourth-order valence-electron chi connectivity index (χ4n) is 2.83. The number of nitrogens with one attached hydrogen (secondary N) is 1. The van der Waals surface area contributed by atoms with Crippen molar-refractivity contribution in [3.63, 3.8) is 0 Å². The lowest BCUT2D eigenvalue weighted by atomic mass is 10.1. The summed E-state index contributed by atoms with van der Waals surface area (Å²) in [6.45, 7) is 6.48. The third-order valence-corrected chi connectivity index (χ3v) is 4.21. The summed E-state index contributed by atoms with van der Waals surface area (Å²) in [4.78, 5) is 24.1. The van der Waals surface area contributed by atoms with Gasteiger partial charge in [0.05, 0.1) is 18.7 Å². The quantitative estimate of drug-likeness (QED) is 0.721. The normalized spacial score (nSPS) is 10.8. The minimum absolute atomic E-state index is 0.0818. The molecule has 1 N–H and O–H groups in total. The molecule has 1 aromatic carbocycles. The highest BCUT2D eigenvalue weighted by molar-refractivity contribution is 5.78. The van der Waals surface area contributed by atoms with Crippen molar-refractivity contribution in [2.75, 3.05) is 6.54 Å². The molecule has 0 aliphatic carbocycles. The molecule has 0 unspecified atom stereocenters. The van der Waals surface area contributed by atoms with E-state index in [1.807, 2.05) is 51.1 Å². The Morgan fingerprint density at radius 1 is 1.04 bits per heavy atom. The van der Waals surface area contributed by atoms with Gasteiger partial charge in [0.2, 0.25) is 5.91 Å².